The molecule has 3 rings (SSSR count). The average molecular weight is 425 g/mol. The summed E-state index contributed by atoms with van der Waals surface area (Å²) < 4.78 is 45.6. The molecule has 2 saturated carbocycles. The van der Waals surface area contributed by atoms with Crippen molar-refractivity contribution in [1.82, 2.24) is 0 Å². The van der Waals surface area contributed by atoms with Crippen molar-refractivity contribution in [2.45, 2.75) is 96.8 Å². The highest BCUT2D eigenvalue weighted by molar-refractivity contribution is 5.26. The first-order valence-electron chi connectivity index (χ1n) is 12.3. The highest BCUT2D eigenvalue weighted by Gasteiger charge is 2.31. The van der Waals surface area contributed by atoms with Gasteiger partial charge < -0.3 is 4.74 Å². The summed E-state index contributed by atoms with van der Waals surface area (Å²) in [6.07, 6.45) is 18.6. The van der Waals surface area contributed by atoms with Crippen molar-refractivity contribution in [1.29, 1.82) is 0 Å². The quantitative estimate of drug-likeness (QED) is 0.270. The normalized spacial score (nSPS) is 27.2. The minimum Gasteiger partial charge on any atom is -0.490 e. The SMILES string of the molecule is CCCCCCCC1CCC(C2CCC(COc3ccc(F)c(F)c3F)CC2)CC1. The second kappa shape index (κ2) is 12.0. The van der Waals surface area contributed by atoms with Crippen LogP contribution in [0.3, 0.4) is 0 Å². The maximum absolute atomic E-state index is 13.7. The minimum absolute atomic E-state index is 0.177. The van der Waals surface area contributed by atoms with Crippen LogP contribution in [0.15, 0.2) is 12.1 Å². The zero-order valence-corrected chi connectivity index (χ0v) is 18.6. The molecule has 0 bridgehead atoms. The highest BCUT2D eigenvalue weighted by atomic mass is 19.2. The molecule has 1 aromatic rings. The molecule has 4 heteroatoms. The van der Waals surface area contributed by atoms with Gasteiger partial charge >= 0.3 is 0 Å². The lowest BCUT2D eigenvalue weighted by Gasteiger charge is -2.38. The zero-order valence-electron chi connectivity index (χ0n) is 18.6. The predicted octanol–water partition coefficient (Wildman–Crippen LogP) is 8.46. The third-order valence-corrected chi connectivity index (χ3v) is 7.64. The van der Waals surface area contributed by atoms with Gasteiger partial charge in [0, 0.05) is 0 Å². The Bertz CT molecular complexity index is 631. The maximum atomic E-state index is 13.7. The van der Waals surface area contributed by atoms with Gasteiger partial charge in [-0.2, -0.15) is 4.39 Å². The van der Waals surface area contributed by atoms with Gasteiger partial charge in [0.1, 0.15) is 0 Å². The molecule has 1 nitrogen and oxygen atoms in total. The van der Waals surface area contributed by atoms with Gasteiger partial charge in [0.05, 0.1) is 6.61 Å². The number of ether oxygens (including phenoxy) is 1. The van der Waals surface area contributed by atoms with Crippen LogP contribution < -0.4 is 4.74 Å². The lowest BCUT2D eigenvalue weighted by molar-refractivity contribution is 0.120. The van der Waals surface area contributed by atoms with E-state index in [4.69, 9.17) is 4.74 Å². The number of hydrogen-bond acceptors (Lipinski definition) is 1. The van der Waals surface area contributed by atoms with Gasteiger partial charge in [0.15, 0.2) is 17.4 Å². The molecule has 0 radical (unpaired) electrons. The molecule has 30 heavy (non-hydrogen) atoms. The molecule has 0 spiro atoms. The van der Waals surface area contributed by atoms with E-state index in [1.54, 1.807) is 0 Å². The van der Waals surface area contributed by atoms with E-state index in [1.165, 1.54) is 83.1 Å². The molecule has 0 aromatic heterocycles. The Morgan fingerprint density at radius 1 is 0.733 bits per heavy atom. The molecule has 2 aliphatic rings. The van der Waals surface area contributed by atoms with Crippen LogP contribution in [0.25, 0.3) is 0 Å². The Kier molecular flexibility index (Phi) is 9.39. The summed E-state index contributed by atoms with van der Waals surface area (Å²) in [7, 11) is 0. The number of benzene rings is 1. The van der Waals surface area contributed by atoms with Gasteiger partial charge in [-0.3, -0.25) is 0 Å². The largest absolute Gasteiger partial charge is 0.490 e. The first-order chi connectivity index (χ1) is 14.6. The third-order valence-electron chi connectivity index (χ3n) is 7.64. The van der Waals surface area contributed by atoms with Crippen LogP contribution in [0.5, 0.6) is 5.75 Å². The number of hydrogen-bond donors (Lipinski definition) is 0. The first kappa shape index (κ1) is 23.5. The van der Waals surface area contributed by atoms with E-state index in [1.807, 2.05) is 0 Å². The Balaban J connectivity index is 1.32. The number of unbranched alkanes of at least 4 members (excludes halogenated alkanes) is 4. The van der Waals surface area contributed by atoms with Crippen LogP contribution in [-0.4, -0.2) is 6.61 Å². The minimum atomic E-state index is -1.45. The lowest BCUT2D eigenvalue weighted by atomic mass is 9.69. The molecule has 1 aromatic carbocycles. The summed E-state index contributed by atoms with van der Waals surface area (Å²) in [5.41, 5.74) is 0. The summed E-state index contributed by atoms with van der Waals surface area (Å²) in [6.45, 7) is 2.66. The van der Waals surface area contributed by atoms with E-state index >= 15 is 0 Å². The van der Waals surface area contributed by atoms with Crippen molar-refractivity contribution >= 4 is 0 Å². The van der Waals surface area contributed by atoms with Crippen LogP contribution in [0, 0.1) is 41.1 Å². The monoisotopic (exact) mass is 424 g/mol. The number of rotatable bonds is 10. The van der Waals surface area contributed by atoms with Crippen molar-refractivity contribution in [2.75, 3.05) is 6.61 Å². The zero-order chi connectivity index (χ0) is 21.3. The molecule has 0 heterocycles. The summed E-state index contributed by atoms with van der Waals surface area (Å²) in [6, 6.07) is 2.10. The van der Waals surface area contributed by atoms with Crippen LogP contribution in [-0.2, 0) is 0 Å². The maximum Gasteiger partial charge on any atom is 0.203 e. The highest BCUT2D eigenvalue weighted by Crippen LogP contribution is 2.42. The average Bonchev–Trinajstić information content (AvgIpc) is 2.78. The molecule has 170 valence electrons. The standard InChI is InChI=1S/C26H39F3O/c1-2-3-4-5-6-7-19-8-12-21(13-9-19)22-14-10-20(11-15-22)18-30-24-17-16-23(27)25(28)26(24)29/h16-17,19-22H,2-15,18H2,1H3. The number of halogens is 3. The van der Waals surface area contributed by atoms with E-state index in [0.717, 1.165) is 36.7 Å². The Labute approximate surface area is 180 Å². The molecular formula is C26H39F3O. The Morgan fingerprint density at radius 2 is 1.33 bits per heavy atom. The summed E-state index contributed by atoms with van der Waals surface area (Å²) in [5.74, 6) is -0.973. The second-order valence-corrected chi connectivity index (χ2v) is 9.75. The van der Waals surface area contributed by atoms with Gasteiger partial charge in [-0.25, -0.2) is 8.78 Å². The predicted molar refractivity (Wildman–Crippen MR) is 116 cm³/mol. The van der Waals surface area contributed by atoms with Gasteiger partial charge in [-0.15, -0.1) is 0 Å². The Hall–Kier alpha value is -1.19. The van der Waals surface area contributed by atoms with Crippen molar-refractivity contribution in [3.63, 3.8) is 0 Å². The summed E-state index contributed by atoms with van der Waals surface area (Å²) >= 11 is 0. The molecule has 0 N–H and O–H groups in total. The van der Waals surface area contributed by atoms with Gasteiger partial charge in [0.25, 0.3) is 0 Å². The topological polar surface area (TPSA) is 9.23 Å². The molecule has 0 aliphatic heterocycles. The molecule has 0 atom stereocenters. The van der Waals surface area contributed by atoms with Crippen LogP contribution >= 0.6 is 0 Å². The van der Waals surface area contributed by atoms with E-state index in [9.17, 15) is 13.2 Å². The first-order valence-corrected chi connectivity index (χ1v) is 12.3. The van der Waals surface area contributed by atoms with E-state index < -0.39 is 17.5 Å². The molecular weight excluding hydrogens is 385 g/mol. The molecule has 2 fully saturated rings. The third kappa shape index (κ3) is 6.65. The Morgan fingerprint density at radius 3 is 1.97 bits per heavy atom. The van der Waals surface area contributed by atoms with E-state index in [0.29, 0.717) is 12.5 Å². The van der Waals surface area contributed by atoms with Gasteiger partial charge in [-0.1, -0.05) is 58.3 Å². The van der Waals surface area contributed by atoms with E-state index in [-0.39, 0.29) is 5.75 Å². The molecule has 2 aliphatic carbocycles. The van der Waals surface area contributed by atoms with Crippen molar-refractivity contribution < 1.29 is 17.9 Å². The molecule has 0 saturated heterocycles. The summed E-state index contributed by atoms with van der Waals surface area (Å²) in [4.78, 5) is 0. The lowest BCUT2D eigenvalue weighted by Crippen LogP contribution is -2.27. The fourth-order valence-electron chi connectivity index (χ4n) is 5.64. The van der Waals surface area contributed by atoms with Crippen molar-refractivity contribution in [3.05, 3.63) is 29.6 Å². The fraction of sp³-hybridized carbons (Fsp3) is 0.769. The smallest absolute Gasteiger partial charge is 0.203 e. The van der Waals surface area contributed by atoms with Gasteiger partial charge in [0.2, 0.25) is 5.82 Å². The van der Waals surface area contributed by atoms with E-state index in [2.05, 4.69) is 6.92 Å². The van der Waals surface area contributed by atoms with Crippen LogP contribution in [0.4, 0.5) is 13.2 Å². The van der Waals surface area contributed by atoms with Crippen LogP contribution in [0.2, 0.25) is 0 Å². The van der Waals surface area contributed by atoms with Crippen LogP contribution in [0.1, 0.15) is 96.8 Å². The van der Waals surface area contributed by atoms with Crippen molar-refractivity contribution in [3.8, 4) is 5.75 Å². The van der Waals surface area contributed by atoms with Crippen molar-refractivity contribution in [2.24, 2.45) is 23.7 Å². The summed E-state index contributed by atoms with van der Waals surface area (Å²) in [5, 5.41) is 0. The van der Waals surface area contributed by atoms with Gasteiger partial charge in [-0.05, 0) is 74.3 Å². The molecule has 0 unspecified atom stereocenters. The molecule has 0 amide bonds. The fourth-order valence-corrected chi connectivity index (χ4v) is 5.64. The second-order valence-electron chi connectivity index (χ2n) is 9.75.